The second-order valence-corrected chi connectivity index (χ2v) is 11.5. The van der Waals surface area contributed by atoms with E-state index in [4.69, 9.17) is 4.74 Å². The van der Waals surface area contributed by atoms with Crippen molar-refractivity contribution >= 4 is 13.3 Å². The Kier molecular flexibility index (Phi) is 3.72. The third kappa shape index (κ3) is 1.98. The molecule has 0 spiro atoms. The second-order valence-electron chi connectivity index (χ2n) is 6.62. The van der Waals surface area contributed by atoms with Crippen LogP contribution in [0.3, 0.4) is 0 Å². The molecule has 1 unspecified atom stereocenters. The fourth-order valence-corrected chi connectivity index (χ4v) is 6.90. The molecule has 0 radical (unpaired) electrons. The number of rotatable bonds is 3. The van der Waals surface area contributed by atoms with Crippen molar-refractivity contribution in [1.82, 2.24) is 0 Å². The Morgan fingerprint density at radius 3 is 2.25 bits per heavy atom. The molecule has 1 aromatic carbocycles. The molecule has 20 heavy (non-hydrogen) atoms. The molecule has 0 bridgehead atoms. The second kappa shape index (κ2) is 4.92. The number of benzene rings is 1. The molecular formula is C18H26OSi. The molecular weight excluding hydrogens is 260 g/mol. The van der Waals surface area contributed by atoms with Gasteiger partial charge in [-0.3, -0.25) is 0 Å². The Morgan fingerprint density at radius 2 is 1.75 bits per heavy atom. The van der Waals surface area contributed by atoms with Crippen molar-refractivity contribution in [3.63, 3.8) is 0 Å². The van der Waals surface area contributed by atoms with Gasteiger partial charge in [-0.15, -0.1) is 0 Å². The monoisotopic (exact) mass is 286 g/mol. The lowest BCUT2D eigenvalue weighted by atomic mass is 10.0. The van der Waals surface area contributed by atoms with E-state index in [1.54, 1.807) is 7.11 Å². The lowest BCUT2D eigenvalue weighted by molar-refractivity contribution is 0.414. The predicted octanol–water partition coefficient (Wildman–Crippen LogP) is 4.59. The number of allylic oxidation sites excluding steroid dienone is 4. The van der Waals surface area contributed by atoms with Crippen LogP contribution in [-0.2, 0) is 0 Å². The molecule has 0 aromatic heterocycles. The van der Waals surface area contributed by atoms with Crippen molar-refractivity contribution in [2.75, 3.05) is 7.11 Å². The average molecular weight is 286 g/mol. The molecule has 1 aliphatic rings. The number of methoxy groups -OCH3 is 1. The zero-order valence-corrected chi connectivity index (χ0v) is 14.8. The molecule has 2 rings (SSSR count). The highest BCUT2D eigenvalue weighted by Crippen LogP contribution is 2.51. The first-order valence-electron chi connectivity index (χ1n) is 7.27. The molecule has 2 heteroatoms. The normalized spacial score (nSPS) is 22.6. The van der Waals surface area contributed by atoms with Gasteiger partial charge in [-0.2, -0.15) is 0 Å². The maximum Gasteiger partial charge on any atom is 0.121 e. The Hall–Kier alpha value is -1.28. The van der Waals surface area contributed by atoms with Crippen LogP contribution >= 0.6 is 0 Å². The summed E-state index contributed by atoms with van der Waals surface area (Å²) in [6, 6.07) is 6.56. The van der Waals surface area contributed by atoms with Crippen molar-refractivity contribution in [3.05, 3.63) is 47.1 Å². The Bertz CT molecular complexity index is 595. The fourth-order valence-electron chi connectivity index (χ4n) is 3.32. The summed E-state index contributed by atoms with van der Waals surface area (Å²) in [5.41, 5.74) is 4.16. The number of hydrogen-bond acceptors (Lipinski definition) is 1. The third-order valence-electron chi connectivity index (χ3n) is 5.42. The quantitative estimate of drug-likeness (QED) is 0.739. The molecule has 0 saturated heterocycles. The van der Waals surface area contributed by atoms with Crippen LogP contribution in [0.2, 0.25) is 18.1 Å². The van der Waals surface area contributed by atoms with Gasteiger partial charge in [0.15, 0.2) is 0 Å². The van der Waals surface area contributed by atoms with E-state index in [1.165, 1.54) is 21.9 Å². The summed E-state index contributed by atoms with van der Waals surface area (Å²) in [5.74, 6) is 1.08. The van der Waals surface area contributed by atoms with E-state index in [2.05, 4.69) is 71.1 Å². The van der Waals surface area contributed by atoms with E-state index in [9.17, 15) is 0 Å². The van der Waals surface area contributed by atoms with E-state index < -0.39 is 8.07 Å². The van der Waals surface area contributed by atoms with E-state index in [0.29, 0.717) is 0 Å². The van der Waals surface area contributed by atoms with Crippen molar-refractivity contribution < 1.29 is 4.74 Å². The lowest BCUT2D eigenvalue weighted by Crippen LogP contribution is -2.51. The van der Waals surface area contributed by atoms with Gasteiger partial charge in [-0.25, -0.2) is 0 Å². The summed E-state index contributed by atoms with van der Waals surface area (Å²) in [7, 11) is 0.0467. The summed E-state index contributed by atoms with van der Waals surface area (Å²) < 4.78 is 5.72. The van der Waals surface area contributed by atoms with Gasteiger partial charge in [-0.1, -0.05) is 61.5 Å². The zero-order valence-electron chi connectivity index (χ0n) is 13.8. The molecule has 1 aromatic rings. The molecule has 0 aliphatic heterocycles. The molecule has 1 aliphatic carbocycles. The molecule has 1 atom stereocenters. The highest BCUT2D eigenvalue weighted by Gasteiger charge is 2.47. The standard InChI is InChI=1S/C18H26OSi/c1-13-11-12-18(4,15(13)3)20(6,7)16-10-8-9-14(2)17(16)19-5/h8-12H,1-7H3. The van der Waals surface area contributed by atoms with Crippen LogP contribution < -0.4 is 9.92 Å². The van der Waals surface area contributed by atoms with Crippen molar-refractivity contribution in [3.8, 4) is 5.75 Å². The topological polar surface area (TPSA) is 9.23 Å². The van der Waals surface area contributed by atoms with Crippen LogP contribution in [0.4, 0.5) is 0 Å². The van der Waals surface area contributed by atoms with Crippen LogP contribution in [0.15, 0.2) is 41.5 Å². The summed E-state index contributed by atoms with van der Waals surface area (Å²) >= 11 is 0. The Labute approximate surface area is 124 Å². The smallest absolute Gasteiger partial charge is 0.121 e. The molecule has 1 nitrogen and oxygen atoms in total. The van der Waals surface area contributed by atoms with Crippen molar-refractivity contribution in [2.24, 2.45) is 0 Å². The molecule has 0 fully saturated rings. The minimum absolute atomic E-state index is 0.165. The minimum atomic E-state index is -1.74. The van der Waals surface area contributed by atoms with Gasteiger partial charge in [0.2, 0.25) is 0 Å². The number of aryl methyl sites for hydroxylation is 1. The van der Waals surface area contributed by atoms with Gasteiger partial charge in [0.1, 0.15) is 5.75 Å². The SMILES string of the molecule is COc1c(C)cccc1[Si](C)(C)C1(C)C=CC(C)=C1C. The maximum absolute atomic E-state index is 5.72. The minimum Gasteiger partial charge on any atom is -0.497 e. The average Bonchev–Trinajstić information content (AvgIpc) is 2.68. The van der Waals surface area contributed by atoms with Gasteiger partial charge < -0.3 is 4.74 Å². The first-order chi connectivity index (χ1) is 9.25. The molecule has 0 heterocycles. The molecule has 0 N–H and O–H groups in total. The van der Waals surface area contributed by atoms with Gasteiger partial charge in [0.05, 0.1) is 15.2 Å². The summed E-state index contributed by atoms with van der Waals surface area (Å²) in [6.45, 7) is 13.9. The maximum atomic E-state index is 5.72. The van der Waals surface area contributed by atoms with E-state index in [1.807, 2.05) is 0 Å². The fraction of sp³-hybridized carbons (Fsp3) is 0.444. The van der Waals surface area contributed by atoms with Crippen molar-refractivity contribution in [2.45, 2.75) is 45.8 Å². The number of para-hydroxylation sites is 1. The summed E-state index contributed by atoms with van der Waals surface area (Å²) in [6.07, 6.45) is 4.69. The lowest BCUT2D eigenvalue weighted by Gasteiger charge is -2.41. The van der Waals surface area contributed by atoms with Gasteiger partial charge in [-0.05, 0) is 31.5 Å². The third-order valence-corrected chi connectivity index (χ3v) is 10.3. The van der Waals surface area contributed by atoms with Crippen LogP contribution in [0.5, 0.6) is 5.75 Å². The molecule has 108 valence electrons. The van der Waals surface area contributed by atoms with E-state index in [-0.39, 0.29) is 5.04 Å². The van der Waals surface area contributed by atoms with Crippen LogP contribution in [-0.4, -0.2) is 15.2 Å². The predicted molar refractivity (Wildman–Crippen MR) is 90.7 cm³/mol. The Balaban J connectivity index is 2.63. The van der Waals surface area contributed by atoms with E-state index >= 15 is 0 Å². The Morgan fingerprint density at radius 1 is 1.10 bits per heavy atom. The van der Waals surface area contributed by atoms with Gasteiger partial charge in [0, 0.05) is 5.04 Å². The molecule has 0 amide bonds. The number of hydrogen-bond donors (Lipinski definition) is 0. The van der Waals surface area contributed by atoms with E-state index in [0.717, 1.165) is 5.75 Å². The van der Waals surface area contributed by atoms with Crippen LogP contribution in [0.1, 0.15) is 26.3 Å². The first-order valence-corrected chi connectivity index (χ1v) is 10.3. The first kappa shape index (κ1) is 15.1. The molecule has 0 saturated carbocycles. The summed E-state index contributed by atoms with van der Waals surface area (Å²) in [4.78, 5) is 0. The highest BCUT2D eigenvalue weighted by atomic mass is 28.3. The summed E-state index contributed by atoms with van der Waals surface area (Å²) in [5, 5.41) is 1.58. The largest absolute Gasteiger partial charge is 0.497 e. The highest BCUT2D eigenvalue weighted by molar-refractivity contribution is 6.94. The van der Waals surface area contributed by atoms with Gasteiger partial charge >= 0.3 is 0 Å². The van der Waals surface area contributed by atoms with Crippen LogP contribution in [0.25, 0.3) is 0 Å². The number of ether oxygens (including phenoxy) is 1. The van der Waals surface area contributed by atoms with Gasteiger partial charge in [0.25, 0.3) is 0 Å². The van der Waals surface area contributed by atoms with Crippen molar-refractivity contribution in [1.29, 1.82) is 0 Å². The van der Waals surface area contributed by atoms with Crippen LogP contribution in [0, 0.1) is 6.92 Å². The zero-order chi connectivity index (χ0) is 15.1.